The summed E-state index contributed by atoms with van der Waals surface area (Å²) in [5.41, 5.74) is -0.515. The molecule has 0 radical (unpaired) electrons. The molecule has 16 heavy (non-hydrogen) atoms. The molecule has 0 saturated carbocycles. The van der Waals surface area contributed by atoms with E-state index in [9.17, 15) is 13.2 Å². The lowest BCUT2D eigenvalue weighted by Crippen LogP contribution is -2.05. The van der Waals surface area contributed by atoms with Crippen LogP contribution in [0.25, 0.3) is 11.4 Å². The standard InChI is InChI=1S/C8H4BrF3N4/c9-6-2-1-4(8(10,11)12)3-5(6)7-13-15-16-14-7/h1-3H,(H,13,14,15,16). The Kier molecular flexibility index (Phi) is 2.66. The number of H-pyrrole nitrogens is 1. The summed E-state index contributed by atoms with van der Waals surface area (Å²) >= 11 is 3.13. The minimum Gasteiger partial charge on any atom is -0.177 e. The molecule has 0 spiro atoms. The van der Waals surface area contributed by atoms with Gasteiger partial charge in [-0.3, -0.25) is 0 Å². The van der Waals surface area contributed by atoms with Crippen molar-refractivity contribution in [3.05, 3.63) is 28.2 Å². The fourth-order valence-electron chi connectivity index (χ4n) is 1.15. The Morgan fingerprint density at radius 1 is 1.25 bits per heavy atom. The van der Waals surface area contributed by atoms with Crippen LogP contribution in [0.4, 0.5) is 13.2 Å². The lowest BCUT2D eigenvalue weighted by atomic mass is 10.1. The largest absolute Gasteiger partial charge is 0.416 e. The third-order valence-corrected chi connectivity index (χ3v) is 2.57. The lowest BCUT2D eigenvalue weighted by Gasteiger charge is -2.08. The second-order valence-electron chi connectivity index (χ2n) is 2.93. The van der Waals surface area contributed by atoms with Gasteiger partial charge in [-0.25, -0.2) is 0 Å². The third-order valence-electron chi connectivity index (χ3n) is 1.88. The average molecular weight is 293 g/mol. The molecule has 0 amide bonds. The first-order chi connectivity index (χ1) is 7.48. The predicted octanol–water partition coefficient (Wildman–Crippen LogP) is 2.65. The van der Waals surface area contributed by atoms with Gasteiger partial charge in [0.25, 0.3) is 0 Å². The van der Waals surface area contributed by atoms with Crippen LogP contribution in [-0.4, -0.2) is 20.6 Å². The molecule has 1 heterocycles. The van der Waals surface area contributed by atoms with Gasteiger partial charge in [0.05, 0.1) is 5.56 Å². The number of tetrazole rings is 1. The van der Waals surface area contributed by atoms with E-state index >= 15 is 0 Å². The van der Waals surface area contributed by atoms with Crippen molar-refractivity contribution in [1.82, 2.24) is 20.6 Å². The van der Waals surface area contributed by atoms with E-state index < -0.39 is 11.7 Å². The molecule has 2 aromatic rings. The maximum Gasteiger partial charge on any atom is 0.416 e. The van der Waals surface area contributed by atoms with Crippen molar-refractivity contribution in [2.45, 2.75) is 6.18 Å². The number of nitrogens with zero attached hydrogens (tertiary/aromatic N) is 3. The zero-order valence-electron chi connectivity index (χ0n) is 7.59. The summed E-state index contributed by atoms with van der Waals surface area (Å²) in [5.74, 6) is 0.109. The Morgan fingerprint density at radius 3 is 2.56 bits per heavy atom. The SMILES string of the molecule is FC(F)(F)c1ccc(Br)c(-c2nn[nH]n2)c1. The van der Waals surface area contributed by atoms with Crippen molar-refractivity contribution in [2.24, 2.45) is 0 Å². The molecule has 1 N–H and O–H groups in total. The molecule has 0 saturated heterocycles. The van der Waals surface area contributed by atoms with Gasteiger partial charge >= 0.3 is 6.18 Å². The van der Waals surface area contributed by atoms with Crippen molar-refractivity contribution in [3.8, 4) is 11.4 Å². The van der Waals surface area contributed by atoms with Crippen LogP contribution in [0.2, 0.25) is 0 Å². The predicted molar refractivity (Wildman–Crippen MR) is 52.3 cm³/mol. The molecule has 0 bridgehead atoms. The summed E-state index contributed by atoms with van der Waals surface area (Å²) in [5, 5.41) is 12.7. The number of aromatic amines is 1. The van der Waals surface area contributed by atoms with Crippen molar-refractivity contribution >= 4 is 15.9 Å². The highest BCUT2D eigenvalue weighted by Gasteiger charge is 2.31. The Labute approximate surface area is 96.0 Å². The minimum atomic E-state index is -4.39. The Bertz CT molecular complexity index is 494. The van der Waals surface area contributed by atoms with E-state index in [1.165, 1.54) is 6.07 Å². The molecule has 0 atom stereocenters. The van der Waals surface area contributed by atoms with E-state index in [4.69, 9.17) is 0 Å². The van der Waals surface area contributed by atoms with Crippen molar-refractivity contribution in [2.75, 3.05) is 0 Å². The average Bonchev–Trinajstić information content (AvgIpc) is 2.69. The summed E-state index contributed by atoms with van der Waals surface area (Å²) in [6.07, 6.45) is -4.39. The summed E-state index contributed by atoms with van der Waals surface area (Å²) in [4.78, 5) is 0. The molecule has 84 valence electrons. The van der Waals surface area contributed by atoms with Gasteiger partial charge < -0.3 is 0 Å². The van der Waals surface area contributed by atoms with E-state index in [1.54, 1.807) is 0 Å². The van der Waals surface area contributed by atoms with Gasteiger partial charge in [0, 0.05) is 10.0 Å². The second-order valence-corrected chi connectivity index (χ2v) is 3.78. The van der Waals surface area contributed by atoms with Gasteiger partial charge in [0.15, 0.2) is 0 Å². The van der Waals surface area contributed by atoms with Gasteiger partial charge in [-0.05, 0) is 23.4 Å². The molecular formula is C8H4BrF3N4. The summed E-state index contributed by atoms with van der Waals surface area (Å²) in [6, 6.07) is 3.25. The molecular weight excluding hydrogens is 289 g/mol. The van der Waals surface area contributed by atoms with Gasteiger partial charge in [-0.2, -0.15) is 18.4 Å². The zero-order valence-corrected chi connectivity index (χ0v) is 9.17. The monoisotopic (exact) mass is 292 g/mol. The summed E-state index contributed by atoms with van der Waals surface area (Å²) in [7, 11) is 0. The van der Waals surface area contributed by atoms with E-state index in [2.05, 4.69) is 36.6 Å². The first kappa shape index (κ1) is 11.1. The Hall–Kier alpha value is -1.44. The molecule has 4 nitrogen and oxygen atoms in total. The molecule has 8 heteroatoms. The lowest BCUT2D eigenvalue weighted by molar-refractivity contribution is -0.137. The van der Waals surface area contributed by atoms with E-state index in [0.29, 0.717) is 4.47 Å². The van der Waals surface area contributed by atoms with Crippen LogP contribution in [0, 0.1) is 0 Å². The topological polar surface area (TPSA) is 54.5 Å². The maximum atomic E-state index is 12.5. The number of benzene rings is 1. The van der Waals surface area contributed by atoms with Crippen molar-refractivity contribution in [3.63, 3.8) is 0 Å². The summed E-state index contributed by atoms with van der Waals surface area (Å²) < 4.78 is 37.9. The fraction of sp³-hybridized carbons (Fsp3) is 0.125. The number of nitrogens with one attached hydrogen (secondary N) is 1. The molecule has 1 aromatic heterocycles. The number of halogens is 4. The van der Waals surface area contributed by atoms with Crippen LogP contribution in [0.1, 0.15) is 5.56 Å². The van der Waals surface area contributed by atoms with E-state index in [0.717, 1.165) is 12.1 Å². The molecule has 0 aliphatic carbocycles. The number of rotatable bonds is 1. The number of alkyl halides is 3. The highest BCUT2D eigenvalue weighted by atomic mass is 79.9. The minimum absolute atomic E-state index is 0.109. The van der Waals surface area contributed by atoms with Gasteiger partial charge in [0.1, 0.15) is 0 Å². The van der Waals surface area contributed by atoms with Crippen molar-refractivity contribution in [1.29, 1.82) is 0 Å². The molecule has 0 fully saturated rings. The van der Waals surface area contributed by atoms with E-state index in [1.807, 2.05) is 0 Å². The van der Waals surface area contributed by atoms with Crippen LogP contribution >= 0.6 is 15.9 Å². The van der Waals surface area contributed by atoms with Gasteiger partial charge in [-0.1, -0.05) is 15.9 Å². The Balaban J connectivity index is 2.54. The number of hydrogen-bond donors (Lipinski definition) is 1. The highest BCUT2D eigenvalue weighted by molar-refractivity contribution is 9.10. The zero-order chi connectivity index (χ0) is 11.8. The first-order valence-electron chi connectivity index (χ1n) is 4.09. The van der Waals surface area contributed by atoms with Crippen LogP contribution in [-0.2, 0) is 6.18 Å². The van der Waals surface area contributed by atoms with E-state index in [-0.39, 0.29) is 11.4 Å². The van der Waals surface area contributed by atoms with Crippen LogP contribution in [0.15, 0.2) is 22.7 Å². The normalized spacial score (nSPS) is 11.8. The summed E-state index contributed by atoms with van der Waals surface area (Å²) in [6.45, 7) is 0. The molecule has 0 unspecified atom stereocenters. The highest BCUT2D eigenvalue weighted by Crippen LogP contribution is 2.34. The number of aromatic nitrogens is 4. The molecule has 0 aliphatic rings. The van der Waals surface area contributed by atoms with Crippen LogP contribution in [0.5, 0.6) is 0 Å². The molecule has 2 rings (SSSR count). The molecule has 0 aliphatic heterocycles. The van der Waals surface area contributed by atoms with Gasteiger partial charge in [-0.15, -0.1) is 10.2 Å². The molecule has 1 aromatic carbocycles. The van der Waals surface area contributed by atoms with Crippen LogP contribution < -0.4 is 0 Å². The quantitative estimate of drug-likeness (QED) is 0.879. The maximum absolute atomic E-state index is 12.5. The fourth-order valence-corrected chi connectivity index (χ4v) is 1.57. The van der Waals surface area contributed by atoms with Gasteiger partial charge in [0.2, 0.25) is 5.82 Å². The third kappa shape index (κ3) is 2.06. The smallest absolute Gasteiger partial charge is 0.177 e. The second kappa shape index (κ2) is 3.85. The van der Waals surface area contributed by atoms with Crippen LogP contribution in [0.3, 0.4) is 0 Å². The van der Waals surface area contributed by atoms with Crippen molar-refractivity contribution < 1.29 is 13.2 Å². The Morgan fingerprint density at radius 2 is 2.00 bits per heavy atom. The number of hydrogen-bond acceptors (Lipinski definition) is 3. The first-order valence-corrected chi connectivity index (χ1v) is 4.88.